The van der Waals surface area contributed by atoms with E-state index in [0.717, 1.165) is 18.0 Å². The van der Waals surface area contributed by atoms with Crippen molar-refractivity contribution in [1.82, 2.24) is 30.4 Å². The minimum atomic E-state index is -0.195. The van der Waals surface area contributed by atoms with Crippen LogP contribution in [0.25, 0.3) is 0 Å². The summed E-state index contributed by atoms with van der Waals surface area (Å²) < 4.78 is 1.59. The Bertz CT molecular complexity index is 544. The fourth-order valence-corrected chi connectivity index (χ4v) is 3.16. The molecule has 1 aromatic heterocycles. The number of hydrogen-bond acceptors (Lipinski definition) is 6. The summed E-state index contributed by atoms with van der Waals surface area (Å²) in [7, 11) is 1.78. The highest BCUT2D eigenvalue weighted by atomic mass is 32.2. The van der Waals surface area contributed by atoms with Crippen LogP contribution < -0.4 is 5.32 Å². The van der Waals surface area contributed by atoms with Crippen molar-refractivity contribution in [2.45, 2.75) is 30.5 Å². The van der Waals surface area contributed by atoms with Gasteiger partial charge in [-0.1, -0.05) is 11.8 Å². The van der Waals surface area contributed by atoms with Crippen molar-refractivity contribution in [2.24, 2.45) is 13.0 Å². The lowest BCUT2D eigenvalue weighted by Gasteiger charge is -2.15. The second-order valence-corrected chi connectivity index (χ2v) is 6.46. The van der Waals surface area contributed by atoms with Crippen molar-refractivity contribution in [3.05, 3.63) is 0 Å². The Morgan fingerprint density at radius 2 is 2.29 bits per heavy atom. The third-order valence-corrected chi connectivity index (χ3v) is 4.74. The normalized spacial score (nSPS) is 21.9. The number of rotatable bonds is 6. The quantitative estimate of drug-likeness (QED) is 0.559. The molecule has 2 fully saturated rings. The monoisotopic (exact) mass is 310 g/mol. The molecule has 0 bridgehead atoms. The summed E-state index contributed by atoms with van der Waals surface area (Å²) in [6.07, 6.45) is 2.52. The van der Waals surface area contributed by atoms with Crippen LogP contribution in [-0.2, 0) is 16.6 Å². The molecule has 1 aliphatic heterocycles. The first-order valence-corrected chi connectivity index (χ1v) is 8.06. The summed E-state index contributed by atoms with van der Waals surface area (Å²) in [6, 6.07) is 0.397. The fourth-order valence-electron chi connectivity index (χ4n) is 2.45. The Kier molecular flexibility index (Phi) is 4.09. The average Bonchev–Trinajstić information content (AvgIpc) is 3.11. The number of thioether (sulfide) groups is 1. The van der Waals surface area contributed by atoms with Crippen LogP contribution in [0.2, 0.25) is 0 Å². The third kappa shape index (κ3) is 3.34. The van der Waals surface area contributed by atoms with Gasteiger partial charge in [0.2, 0.25) is 17.0 Å². The predicted octanol–water partition coefficient (Wildman–Crippen LogP) is -0.571. The molecule has 3 rings (SSSR count). The molecule has 2 amide bonds. The van der Waals surface area contributed by atoms with E-state index >= 15 is 0 Å². The Morgan fingerprint density at radius 3 is 2.95 bits per heavy atom. The number of nitrogens with one attached hydrogen (secondary N) is 1. The number of likely N-dealkylation sites (tertiary alicyclic amines) is 1. The van der Waals surface area contributed by atoms with Gasteiger partial charge in [-0.05, 0) is 23.3 Å². The zero-order valence-electron chi connectivity index (χ0n) is 11.9. The molecule has 8 nitrogen and oxygen atoms in total. The Labute approximate surface area is 126 Å². The van der Waals surface area contributed by atoms with E-state index in [1.807, 2.05) is 4.90 Å². The van der Waals surface area contributed by atoms with Gasteiger partial charge in [0.05, 0.1) is 5.92 Å². The van der Waals surface area contributed by atoms with E-state index in [4.69, 9.17) is 0 Å². The van der Waals surface area contributed by atoms with Crippen LogP contribution >= 0.6 is 11.8 Å². The maximum Gasteiger partial charge on any atom is 0.225 e. The molecule has 1 N–H and O–H groups in total. The Morgan fingerprint density at radius 1 is 1.48 bits per heavy atom. The summed E-state index contributed by atoms with van der Waals surface area (Å²) in [5.41, 5.74) is 0. The van der Waals surface area contributed by atoms with E-state index in [-0.39, 0.29) is 17.7 Å². The number of aryl methyl sites for hydroxylation is 1. The molecular formula is C12H18N6O2S. The first kappa shape index (κ1) is 14.3. The van der Waals surface area contributed by atoms with Crippen LogP contribution in [-0.4, -0.2) is 61.8 Å². The van der Waals surface area contributed by atoms with Crippen molar-refractivity contribution in [1.29, 1.82) is 0 Å². The first-order valence-electron chi connectivity index (χ1n) is 7.07. The summed E-state index contributed by atoms with van der Waals surface area (Å²) >= 11 is 1.49. The van der Waals surface area contributed by atoms with Crippen molar-refractivity contribution in [2.75, 3.05) is 18.8 Å². The van der Waals surface area contributed by atoms with Gasteiger partial charge in [0, 0.05) is 38.4 Å². The molecule has 21 heavy (non-hydrogen) atoms. The van der Waals surface area contributed by atoms with Gasteiger partial charge in [0.25, 0.3) is 0 Å². The molecule has 9 heteroatoms. The molecule has 1 atom stereocenters. The molecule has 1 aliphatic carbocycles. The summed E-state index contributed by atoms with van der Waals surface area (Å²) in [5, 5.41) is 14.8. The molecule has 1 saturated carbocycles. The number of tetrazole rings is 1. The van der Waals surface area contributed by atoms with E-state index in [1.165, 1.54) is 11.8 Å². The van der Waals surface area contributed by atoms with Gasteiger partial charge in [-0.15, -0.1) is 5.10 Å². The van der Waals surface area contributed by atoms with Crippen LogP contribution in [0.4, 0.5) is 0 Å². The largest absolute Gasteiger partial charge is 0.355 e. The van der Waals surface area contributed by atoms with E-state index < -0.39 is 0 Å². The van der Waals surface area contributed by atoms with Crippen LogP contribution in [0, 0.1) is 5.92 Å². The maximum absolute atomic E-state index is 12.1. The van der Waals surface area contributed by atoms with Gasteiger partial charge in [0.15, 0.2) is 0 Å². The number of carbonyl (C=O) groups excluding carboxylic acids is 2. The summed E-state index contributed by atoms with van der Waals surface area (Å²) in [6.45, 7) is 1.13. The molecule has 0 aromatic carbocycles. The fraction of sp³-hybridized carbons (Fsp3) is 0.750. The van der Waals surface area contributed by atoms with Crippen molar-refractivity contribution in [3.8, 4) is 0 Å². The summed E-state index contributed by atoms with van der Waals surface area (Å²) in [5.74, 6) is 0.604. The van der Waals surface area contributed by atoms with Crippen LogP contribution in [0.3, 0.4) is 0 Å². The average molecular weight is 310 g/mol. The molecule has 1 saturated heterocycles. The standard InChI is InChI=1S/C12H18N6O2S/c1-17-12(14-15-16-17)21-5-4-13-11(20)8-6-10(19)18(7-8)9-2-3-9/h8-9H,2-7H2,1H3,(H,13,20)/t8-/m1/s1. The SMILES string of the molecule is Cn1nnnc1SCCNC(=O)[C@@H]1CC(=O)N(C2CC2)C1. The van der Waals surface area contributed by atoms with Gasteiger partial charge in [-0.3, -0.25) is 9.59 Å². The highest BCUT2D eigenvalue weighted by Gasteiger charge is 2.41. The first-order chi connectivity index (χ1) is 10.1. The zero-order valence-corrected chi connectivity index (χ0v) is 12.7. The number of carbonyl (C=O) groups is 2. The third-order valence-electron chi connectivity index (χ3n) is 3.73. The molecule has 2 heterocycles. The minimum absolute atomic E-state index is 0.0248. The van der Waals surface area contributed by atoms with Crippen molar-refractivity contribution >= 4 is 23.6 Å². The van der Waals surface area contributed by atoms with Gasteiger partial charge >= 0.3 is 0 Å². The number of hydrogen-bond donors (Lipinski definition) is 1. The highest BCUT2D eigenvalue weighted by molar-refractivity contribution is 7.99. The molecule has 0 unspecified atom stereocenters. The maximum atomic E-state index is 12.1. The lowest BCUT2D eigenvalue weighted by molar-refractivity contribution is -0.129. The Balaban J connectivity index is 1.38. The highest BCUT2D eigenvalue weighted by Crippen LogP contribution is 2.32. The number of nitrogens with zero attached hydrogens (tertiary/aromatic N) is 5. The molecule has 1 aromatic rings. The van der Waals surface area contributed by atoms with Crippen molar-refractivity contribution in [3.63, 3.8) is 0 Å². The lowest BCUT2D eigenvalue weighted by atomic mass is 10.1. The summed E-state index contributed by atoms with van der Waals surface area (Å²) in [4.78, 5) is 25.7. The zero-order chi connectivity index (χ0) is 14.8. The van der Waals surface area contributed by atoms with Gasteiger partial charge < -0.3 is 10.2 Å². The second kappa shape index (κ2) is 6.00. The minimum Gasteiger partial charge on any atom is -0.355 e. The topological polar surface area (TPSA) is 93.0 Å². The van der Waals surface area contributed by atoms with Gasteiger partial charge in [-0.25, -0.2) is 4.68 Å². The number of aromatic nitrogens is 4. The van der Waals surface area contributed by atoms with E-state index in [1.54, 1.807) is 11.7 Å². The van der Waals surface area contributed by atoms with Gasteiger partial charge in [-0.2, -0.15) is 0 Å². The molecule has 0 radical (unpaired) electrons. The molecule has 2 aliphatic rings. The smallest absolute Gasteiger partial charge is 0.225 e. The van der Waals surface area contributed by atoms with Crippen LogP contribution in [0.5, 0.6) is 0 Å². The van der Waals surface area contributed by atoms with E-state index in [9.17, 15) is 9.59 Å². The Hall–Kier alpha value is -1.64. The predicted molar refractivity (Wildman–Crippen MR) is 75.4 cm³/mol. The second-order valence-electron chi connectivity index (χ2n) is 5.40. The van der Waals surface area contributed by atoms with E-state index in [0.29, 0.717) is 31.3 Å². The van der Waals surface area contributed by atoms with Crippen molar-refractivity contribution < 1.29 is 9.59 Å². The molecular weight excluding hydrogens is 292 g/mol. The van der Waals surface area contributed by atoms with Crippen LogP contribution in [0.1, 0.15) is 19.3 Å². The molecule has 114 valence electrons. The molecule has 0 spiro atoms. The lowest BCUT2D eigenvalue weighted by Crippen LogP contribution is -2.34. The number of amides is 2. The van der Waals surface area contributed by atoms with Gasteiger partial charge in [0.1, 0.15) is 0 Å². The van der Waals surface area contributed by atoms with E-state index in [2.05, 4.69) is 20.8 Å². The van der Waals surface area contributed by atoms with Crippen LogP contribution in [0.15, 0.2) is 5.16 Å².